The summed E-state index contributed by atoms with van der Waals surface area (Å²) < 4.78 is 4.87. The van der Waals surface area contributed by atoms with Crippen molar-refractivity contribution in [1.29, 1.82) is 0 Å². The van der Waals surface area contributed by atoms with Crippen LogP contribution in [0.4, 0.5) is 0 Å². The van der Waals surface area contributed by atoms with Crippen LogP contribution in [-0.4, -0.2) is 61.3 Å². The fraction of sp³-hybridized carbons (Fsp3) is 0.833. The second-order valence-corrected chi connectivity index (χ2v) is 4.35. The Bertz CT molecular complexity index is 256. The van der Waals surface area contributed by atoms with E-state index in [1.165, 1.54) is 0 Å². The highest BCUT2D eigenvalue weighted by Gasteiger charge is 2.16. The summed E-state index contributed by atoms with van der Waals surface area (Å²) in [7, 11) is 1.61. The van der Waals surface area contributed by atoms with Crippen molar-refractivity contribution in [3.8, 4) is 0 Å². The van der Waals surface area contributed by atoms with Crippen LogP contribution in [0.5, 0.6) is 0 Å². The normalized spacial score (nSPS) is 10.7. The van der Waals surface area contributed by atoms with Gasteiger partial charge in [0.15, 0.2) is 0 Å². The van der Waals surface area contributed by atoms with Gasteiger partial charge in [0.25, 0.3) is 0 Å². The van der Waals surface area contributed by atoms with Crippen molar-refractivity contribution in [1.82, 2.24) is 10.2 Å². The maximum absolute atomic E-state index is 11.9. The van der Waals surface area contributed by atoms with Gasteiger partial charge in [-0.1, -0.05) is 0 Å². The molecule has 0 aliphatic rings. The van der Waals surface area contributed by atoms with Crippen molar-refractivity contribution in [3.05, 3.63) is 0 Å². The zero-order chi connectivity index (χ0) is 14.0. The number of aliphatic carboxylic acids is 1. The van der Waals surface area contributed by atoms with Crippen LogP contribution in [-0.2, 0) is 14.3 Å². The molecule has 2 N–H and O–H groups in total. The molecule has 0 spiro atoms. The fourth-order valence-corrected chi connectivity index (χ4v) is 1.54. The third-order valence-corrected chi connectivity index (χ3v) is 2.49. The molecule has 0 aromatic carbocycles. The minimum absolute atomic E-state index is 0.00788. The van der Waals surface area contributed by atoms with E-state index in [2.05, 4.69) is 5.32 Å². The van der Waals surface area contributed by atoms with E-state index < -0.39 is 5.97 Å². The van der Waals surface area contributed by atoms with Crippen molar-refractivity contribution in [2.45, 2.75) is 32.7 Å². The van der Waals surface area contributed by atoms with E-state index in [1.54, 1.807) is 12.0 Å². The maximum Gasteiger partial charge on any atom is 0.303 e. The van der Waals surface area contributed by atoms with Crippen LogP contribution in [0, 0.1) is 0 Å². The molecule has 0 bridgehead atoms. The smallest absolute Gasteiger partial charge is 0.303 e. The number of methoxy groups -OCH3 is 1. The van der Waals surface area contributed by atoms with Gasteiger partial charge in [0.1, 0.15) is 0 Å². The van der Waals surface area contributed by atoms with Gasteiger partial charge in [0.05, 0.1) is 13.2 Å². The second kappa shape index (κ2) is 9.85. The molecule has 0 fully saturated rings. The Labute approximate surface area is 108 Å². The molecule has 0 aliphatic carbocycles. The van der Waals surface area contributed by atoms with Gasteiger partial charge in [-0.3, -0.25) is 9.59 Å². The number of rotatable bonds is 10. The van der Waals surface area contributed by atoms with Crippen LogP contribution in [0.25, 0.3) is 0 Å². The first kappa shape index (κ1) is 16.9. The highest BCUT2D eigenvalue weighted by Crippen LogP contribution is 2.02. The molecule has 0 atom stereocenters. The number of hydrogen-bond donors (Lipinski definition) is 2. The quantitative estimate of drug-likeness (QED) is 0.553. The van der Waals surface area contributed by atoms with Gasteiger partial charge in [-0.15, -0.1) is 0 Å². The van der Waals surface area contributed by atoms with E-state index in [-0.39, 0.29) is 24.9 Å². The first-order valence-corrected chi connectivity index (χ1v) is 6.20. The number of carboxylic acid groups (broad SMARTS) is 1. The van der Waals surface area contributed by atoms with E-state index in [0.717, 1.165) is 0 Å². The molecule has 106 valence electrons. The molecule has 6 heteroatoms. The molecule has 0 aliphatic heterocycles. The molecular weight excluding hydrogens is 236 g/mol. The molecule has 0 radical (unpaired) electrons. The summed E-state index contributed by atoms with van der Waals surface area (Å²) >= 11 is 0. The molecule has 0 saturated heterocycles. The van der Waals surface area contributed by atoms with Gasteiger partial charge in [0.2, 0.25) is 5.91 Å². The summed E-state index contributed by atoms with van der Waals surface area (Å²) in [5.41, 5.74) is 0. The van der Waals surface area contributed by atoms with E-state index >= 15 is 0 Å². The SMILES string of the molecule is COCCNCC(=O)N(CCCC(=O)O)C(C)C. The highest BCUT2D eigenvalue weighted by atomic mass is 16.5. The summed E-state index contributed by atoms with van der Waals surface area (Å²) in [6.45, 7) is 5.78. The first-order chi connectivity index (χ1) is 8.49. The number of ether oxygens (including phenoxy) is 1. The molecule has 0 rings (SSSR count). The van der Waals surface area contributed by atoms with Crippen molar-refractivity contribution in [2.24, 2.45) is 0 Å². The van der Waals surface area contributed by atoms with Gasteiger partial charge in [-0.2, -0.15) is 0 Å². The third-order valence-electron chi connectivity index (χ3n) is 2.49. The van der Waals surface area contributed by atoms with Crippen LogP contribution < -0.4 is 5.32 Å². The van der Waals surface area contributed by atoms with Gasteiger partial charge in [-0.05, 0) is 20.3 Å². The molecule has 0 saturated carbocycles. The molecule has 0 unspecified atom stereocenters. The van der Waals surface area contributed by atoms with Crippen molar-refractivity contribution in [3.63, 3.8) is 0 Å². The molecule has 0 heterocycles. The molecule has 18 heavy (non-hydrogen) atoms. The minimum atomic E-state index is -0.829. The van der Waals surface area contributed by atoms with Crippen LogP contribution in [0.1, 0.15) is 26.7 Å². The highest BCUT2D eigenvalue weighted by molar-refractivity contribution is 5.78. The number of carbonyl (C=O) groups is 2. The largest absolute Gasteiger partial charge is 0.481 e. The van der Waals surface area contributed by atoms with Gasteiger partial charge in [0, 0.05) is 32.7 Å². The number of nitrogens with one attached hydrogen (secondary N) is 1. The molecular formula is C12H24N2O4. The van der Waals surface area contributed by atoms with Gasteiger partial charge >= 0.3 is 5.97 Å². The lowest BCUT2D eigenvalue weighted by atomic mass is 10.2. The summed E-state index contributed by atoms with van der Waals surface area (Å²) in [4.78, 5) is 24.0. The van der Waals surface area contributed by atoms with E-state index in [1.807, 2.05) is 13.8 Å². The zero-order valence-corrected chi connectivity index (χ0v) is 11.4. The number of nitrogens with zero attached hydrogens (tertiary/aromatic N) is 1. The second-order valence-electron chi connectivity index (χ2n) is 4.35. The first-order valence-electron chi connectivity index (χ1n) is 6.20. The standard InChI is InChI=1S/C12H24N2O4/c1-10(2)14(7-4-5-12(16)17)11(15)9-13-6-8-18-3/h10,13H,4-9H2,1-3H3,(H,16,17). The van der Waals surface area contributed by atoms with Crippen LogP contribution >= 0.6 is 0 Å². The predicted octanol–water partition coefficient (Wildman–Crippen LogP) is 0.324. The maximum atomic E-state index is 11.9. The van der Waals surface area contributed by atoms with Crippen molar-refractivity contribution in [2.75, 3.05) is 33.4 Å². The Morgan fingerprint density at radius 3 is 2.56 bits per heavy atom. The van der Waals surface area contributed by atoms with Crippen molar-refractivity contribution < 1.29 is 19.4 Å². The molecule has 6 nitrogen and oxygen atoms in total. The predicted molar refractivity (Wildman–Crippen MR) is 68.5 cm³/mol. The monoisotopic (exact) mass is 260 g/mol. The minimum Gasteiger partial charge on any atom is -0.481 e. The number of carbonyl (C=O) groups excluding carboxylic acids is 1. The number of carboxylic acids is 1. The summed E-state index contributed by atoms with van der Waals surface area (Å²) in [5, 5.41) is 11.6. The van der Waals surface area contributed by atoms with E-state index in [4.69, 9.17) is 9.84 Å². The number of amides is 1. The van der Waals surface area contributed by atoms with Crippen LogP contribution in [0.3, 0.4) is 0 Å². The molecule has 0 aromatic rings. The summed E-state index contributed by atoms with van der Waals surface area (Å²) in [6, 6.07) is 0.0792. The van der Waals surface area contributed by atoms with Crippen LogP contribution in [0.2, 0.25) is 0 Å². The Morgan fingerprint density at radius 2 is 2.06 bits per heavy atom. The number of hydrogen-bond acceptors (Lipinski definition) is 4. The van der Waals surface area contributed by atoms with Gasteiger partial charge < -0.3 is 20.1 Å². The Hall–Kier alpha value is -1.14. The average Bonchev–Trinajstić information content (AvgIpc) is 2.29. The molecule has 0 aromatic heterocycles. The Balaban J connectivity index is 3.99. The van der Waals surface area contributed by atoms with E-state index in [0.29, 0.717) is 26.1 Å². The average molecular weight is 260 g/mol. The molecule has 1 amide bonds. The Kier molecular flexibility index (Phi) is 9.22. The summed E-state index contributed by atoms with van der Waals surface area (Å²) in [6.07, 6.45) is 0.574. The lowest BCUT2D eigenvalue weighted by Crippen LogP contribution is -2.43. The van der Waals surface area contributed by atoms with E-state index in [9.17, 15) is 9.59 Å². The lowest BCUT2D eigenvalue weighted by Gasteiger charge is -2.26. The fourth-order valence-electron chi connectivity index (χ4n) is 1.54. The summed E-state index contributed by atoms with van der Waals surface area (Å²) in [5.74, 6) is -0.837. The lowest BCUT2D eigenvalue weighted by molar-refractivity contribution is -0.138. The Morgan fingerprint density at radius 1 is 1.39 bits per heavy atom. The third kappa shape index (κ3) is 8.03. The zero-order valence-electron chi connectivity index (χ0n) is 11.4. The van der Waals surface area contributed by atoms with Gasteiger partial charge in [-0.25, -0.2) is 0 Å². The van der Waals surface area contributed by atoms with Crippen LogP contribution in [0.15, 0.2) is 0 Å². The topological polar surface area (TPSA) is 78.9 Å². The van der Waals surface area contributed by atoms with Crippen molar-refractivity contribution >= 4 is 11.9 Å².